The van der Waals surface area contributed by atoms with Crippen LogP contribution in [0.15, 0.2) is 0 Å². The highest BCUT2D eigenvalue weighted by atomic mass is 35.5. The van der Waals surface area contributed by atoms with Gasteiger partial charge in [0.2, 0.25) is 5.24 Å². The monoisotopic (exact) mass is 302 g/mol. The zero-order valence-corrected chi connectivity index (χ0v) is 14.5. The zero-order chi connectivity index (χ0) is 15.1. The van der Waals surface area contributed by atoms with Crippen LogP contribution >= 0.6 is 11.6 Å². The van der Waals surface area contributed by atoms with Crippen LogP contribution in [0.1, 0.15) is 104 Å². The van der Waals surface area contributed by atoms with Crippen LogP contribution in [0.2, 0.25) is 0 Å². The molecule has 0 spiro atoms. The SMILES string of the molecule is CCCCCCC(CCCCCC)CCCCC(=O)Cl. The minimum absolute atomic E-state index is 0.174. The lowest BCUT2D eigenvalue weighted by atomic mass is 9.90. The number of hydrogen-bond donors (Lipinski definition) is 0. The molecule has 2 heteroatoms. The lowest BCUT2D eigenvalue weighted by Gasteiger charge is -2.16. The van der Waals surface area contributed by atoms with Crippen LogP contribution in [0.5, 0.6) is 0 Å². The third kappa shape index (κ3) is 14.4. The average Bonchev–Trinajstić information content (AvgIpc) is 2.43. The van der Waals surface area contributed by atoms with Crippen molar-refractivity contribution in [3.8, 4) is 0 Å². The van der Waals surface area contributed by atoms with E-state index in [4.69, 9.17) is 11.6 Å². The molecule has 120 valence electrons. The van der Waals surface area contributed by atoms with E-state index in [-0.39, 0.29) is 5.24 Å². The van der Waals surface area contributed by atoms with Crippen molar-refractivity contribution in [2.24, 2.45) is 5.92 Å². The van der Waals surface area contributed by atoms with Crippen LogP contribution < -0.4 is 0 Å². The van der Waals surface area contributed by atoms with Crippen LogP contribution in [0.4, 0.5) is 0 Å². The van der Waals surface area contributed by atoms with Crippen molar-refractivity contribution in [3.05, 3.63) is 0 Å². The lowest BCUT2D eigenvalue weighted by Crippen LogP contribution is -2.02. The first-order valence-electron chi connectivity index (χ1n) is 8.89. The van der Waals surface area contributed by atoms with Crippen LogP contribution in [0, 0.1) is 5.92 Å². The van der Waals surface area contributed by atoms with E-state index >= 15 is 0 Å². The van der Waals surface area contributed by atoms with Gasteiger partial charge in [-0.25, -0.2) is 0 Å². The molecule has 0 aromatic rings. The first kappa shape index (κ1) is 20.0. The molecule has 0 saturated carbocycles. The fourth-order valence-corrected chi connectivity index (χ4v) is 2.98. The Morgan fingerprint density at radius 3 is 1.60 bits per heavy atom. The van der Waals surface area contributed by atoms with Crippen molar-refractivity contribution < 1.29 is 4.79 Å². The zero-order valence-electron chi connectivity index (χ0n) is 13.8. The fourth-order valence-electron chi connectivity index (χ4n) is 2.85. The summed E-state index contributed by atoms with van der Waals surface area (Å²) in [4.78, 5) is 10.7. The third-order valence-corrected chi connectivity index (χ3v) is 4.36. The predicted octanol–water partition coefficient (Wildman–Crippen LogP) is 6.87. The molecule has 0 aliphatic carbocycles. The summed E-state index contributed by atoms with van der Waals surface area (Å²) in [5.74, 6) is 0.883. The molecule has 0 aromatic heterocycles. The standard InChI is InChI=1S/C18H35ClO/c1-3-5-7-9-13-17(14-10-8-6-4-2)15-11-12-16-18(19)20/h17H,3-16H2,1-2H3. The molecule has 0 bridgehead atoms. The molecule has 0 aromatic carbocycles. The molecule has 0 aliphatic heterocycles. The number of carbonyl (C=O) groups is 1. The van der Waals surface area contributed by atoms with E-state index in [2.05, 4.69) is 13.8 Å². The van der Waals surface area contributed by atoms with Gasteiger partial charge in [0, 0.05) is 6.42 Å². The van der Waals surface area contributed by atoms with Gasteiger partial charge in [-0.3, -0.25) is 4.79 Å². The molecule has 0 aliphatic rings. The van der Waals surface area contributed by atoms with E-state index in [1.807, 2.05) is 0 Å². The molecule has 0 amide bonds. The summed E-state index contributed by atoms with van der Waals surface area (Å²) in [6.07, 6.45) is 17.7. The van der Waals surface area contributed by atoms with E-state index in [0.29, 0.717) is 6.42 Å². The van der Waals surface area contributed by atoms with Crippen LogP contribution in [0.25, 0.3) is 0 Å². The van der Waals surface area contributed by atoms with Crippen LogP contribution in [-0.4, -0.2) is 5.24 Å². The van der Waals surface area contributed by atoms with Crippen LogP contribution in [0.3, 0.4) is 0 Å². The molecule has 0 atom stereocenters. The molecular weight excluding hydrogens is 268 g/mol. The third-order valence-electron chi connectivity index (χ3n) is 4.17. The van der Waals surface area contributed by atoms with Gasteiger partial charge >= 0.3 is 0 Å². The highest BCUT2D eigenvalue weighted by molar-refractivity contribution is 6.63. The summed E-state index contributed by atoms with van der Waals surface area (Å²) in [6.45, 7) is 4.54. The minimum Gasteiger partial charge on any atom is -0.281 e. The number of unbranched alkanes of at least 4 members (excludes halogenated alkanes) is 7. The molecule has 0 rings (SSSR count). The van der Waals surface area contributed by atoms with E-state index in [0.717, 1.165) is 12.3 Å². The van der Waals surface area contributed by atoms with E-state index in [9.17, 15) is 4.79 Å². The average molecular weight is 303 g/mol. The van der Waals surface area contributed by atoms with E-state index < -0.39 is 0 Å². The molecule has 20 heavy (non-hydrogen) atoms. The van der Waals surface area contributed by atoms with Crippen molar-refractivity contribution in [2.75, 3.05) is 0 Å². The van der Waals surface area contributed by atoms with Crippen molar-refractivity contribution >= 4 is 16.8 Å². The Labute approximate surface area is 131 Å². The molecule has 1 nitrogen and oxygen atoms in total. The largest absolute Gasteiger partial charge is 0.281 e. The van der Waals surface area contributed by atoms with Gasteiger partial charge < -0.3 is 0 Å². The Kier molecular flexibility index (Phi) is 15.3. The molecular formula is C18H35ClO. The quantitative estimate of drug-likeness (QED) is 0.238. The van der Waals surface area contributed by atoms with Gasteiger partial charge in [-0.15, -0.1) is 0 Å². The Morgan fingerprint density at radius 1 is 0.750 bits per heavy atom. The van der Waals surface area contributed by atoms with Crippen molar-refractivity contribution in [1.29, 1.82) is 0 Å². The maximum atomic E-state index is 10.7. The van der Waals surface area contributed by atoms with E-state index in [1.165, 1.54) is 77.0 Å². The lowest BCUT2D eigenvalue weighted by molar-refractivity contribution is -0.111. The van der Waals surface area contributed by atoms with Gasteiger partial charge in [0.15, 0.2) is 0 Å². The van der Waals surface area contributed by atoms with Crippen LogP contribution in [-0.2, 0) is 4.79 Å². The number of carbonyl (C=O) groups excluding carboxylic acids is 1. The van der Waals surface area contributed by atoms with Crippen molar-refractivity contribution in [1.82, 2.24) is 0 Å². The van der Waals surface area contributed by atoms with Gasteiger partial charge in [0.25, 0.3) is 0 Å². The molecule has 0 radical (unpaired) electrons. The normalized spacial score (nSPS) is 11.2. The molecule has 0 fully saturated rings. The summed E-state index contributed by atoms with van der Waals surface area (Å²) in [5, 5.41) is -0.174. The summed E-state index contributed by atoms with van der Waals surface area (Å²) in [6, 6.07) is 0. The Hall–Kier alpha value is -0.0400. The van der Waals surface area contributed by atoms with E-state index in [1.54, 1.807) is 0 Å². The first-order valence-corrected chi connectivity index (χ1v) is 9.26. The van der Waals surface area contributed by atoms with Gasteiger partial charge in [-0.1, -0.05) is 90.9 Å². The molecule has 0 N–H and O–H groups in total. The molecule has 0 saturated heterocycles. The van der Waals surface area contributed by atoms with Gasteiger partial charge in [0.05, 0.1) is 0 Å². The summed E-state index contributed by atoms with van der Waals surface area (Å²) in [7, 11) is 0. The van der Waals surface area contributed by atoms with Crippen molar-refractivity contribution in [2.45, 2.75) is 104 Å². The highest BCUT2D eigenvalue weighted by Gasteiger charge is 2.09. The second-order valence-electron chi connectivity index (χ2n) is 6.17. The Balaban J connectivity index is 3.75. The predicted molar refractivity (Wildman–Crippen MR) is 90.3 cm³/mol. The maximum absolute atomic E-state index is 10.7. The summed E-state index contributed by atoms with van der Waals surface area (Å²) in [5.41, 5.74) is 0. The summed E-state index contributed by atoms with van der Waals surface area (Å²) < 4.78 is 0. The molecule has 0 unspecified atom stereocenters. The smallest absolute Gasteiger partial charge is 0.221 e. The second kappa shape index (κ2) is 15.4. The number of halogens is 1. The van der Waals surface area contributed by atoms with Gasteiger partial charge in [0.1, 0.15) is 0 Å². The Morgan fingerprint density at radius 2 is 1.20 bits per heavy atom. The maximum Gasteiger partial charge on any atom is 0.221 e. The Bertz CT molecular complexity index is 203. The first-order chi connectivity index (χ1) is 9.70. The topological polar surface area (TPSA) is 17.1 Å². The molecule has 0 heterocycles. The van der Waals surface area contributed by atoms with Gasteiger partial charge in [-0.2, -0.15) is 0 Å². The fraction of sp³-hybridized carbons (Fsp3) is 0.944. The van der Waals surface area contributed by atoms with Gasteiger partial charge in [-0.05, 0) is 23.9 Å². The second-order valence-corrected chi connectivity index (χ2v) is 6.59. The van der Waals surface area contributed by atoms with Crippen molar-refractivity contribution in [3.63, 3.8) is 0 Å². The number of hydrogen-bond acceptors (Lipinski definition) is 1. The minimum atomic E-state index is -0.174. The highest BCUT2D eigenvalue weighted by Crippen LogP contribution is 2.24. The number of rotatable bonds is 15. The summed E-state index contributed by atoms with van der Waals surface area (Å²) >= 11 is 5.39.